The molecule has 0 unspecified atom stereocenters. The van der Waals surface area contributed by atoms with Crippen LogP contribution in [0, 0.1) is 5.92 Å². The number of aromatic nitrogens is 2. The normalized spacial score (nSPS) is 20.0. The molecular weight excluding hydrogens is 446 g/mol. The van der Waals surface area contributed by atoms with E-state index in [-0.39, 0.29) is 40.6 Å². The molecular formula is C22H25N5O5S. The lowest BCUT2D eigenvalue weighted by Crippen LogP contribution is -2.47. The molecule has 5 rings (SSSR count). The molecule has 2 N–H and O–H groups in total. The van der Waals surface area contributed by atoms with Crippen LogP contribution in [-0.2, 0) is 4.79 Å². The van der Waals surface area contributed by atoms with E-state index >= 15 is 0 Å². The van der Waals surface area contributed by atoms with E-state index in [9.17, 15) is 14.4 Å². The van der Waals surface area contributed by atoms with Crippen molar-refractivity contribution in [3.8, 4) is 11.5 Å². The molecule has 1 saturated carbocycles. The molecule has 174 valence electrons. The van der Waals surface area contributed by atoms with Crippen molar-refractivity contribution in [1.29, 1.82) is 0 Å². The zero-order valence-corrected chi connectivity index (χ0v) is 18.9. The first-order valence-corrected chi connectivity index (χ1v) is 12.0. The number of hydrogen-bond acceptors (Lipinski definition) is 8. The summed E-state index contributed by atoms with van der Waals surface area (Å²) in [5.74, 6) is 0.224. The monoisotopic (exact) mass is 471 g/mol. The molecule has 1 aromatic carbocycles. The minimum absolute atomic E-state index is 0.0282. The highest BCUT2D eigenvalue weighted by Crippen LogP contribution is 2.34. The van der Waals surface area contributed by atoms with Crippen molar-refractivity contribution in [3.05, 3.63) is 28.2 Å². The van der Waals surface area contributed by atoms with E-state index in [1.807, 2.05) is 0 Å². The predicted molar refractivity (Wildman–Crippen MR) is 119 cm³/mol. The van der Waals surface area contributed by atoms with E-state index in [0.29, 0.717) is 30.3 Å². The van der Waals surface area contributed by atoms with Gasteiger partial charge >= 0.3 is 0 Å². The molecule has 1 saturated heterocycles. The number of carbonyl (C=O) groups excluding carboxylic acids is 3. The lowest BCUT2D eigenvalue weighted by atomic mass is 9.96. The number of ether oxygens (including phenoxy) is 2. The summed E-state index contributed by atoms with van der Waals surface area (Å²) in [7, 11) is 0. The Kier molecular flexibility index (Phi) is 6.12. The highest BCUT2D eigenvalue weighted by atomic mass is 32.1. The molecule has 2 aromatic rings. The van der Waals surface area contributed by atoms with Gasteiger partial charge in [0.2, 0.25) is 22.7 Å². The number of rotatable bonds is 5. The largest absolute Gasteiger partial charge is 0.454 e. The highest BCUT2D eigenvalue weighted by molar-refractivity contribution is 7.15. The molecule has 3 amide bonds. The first-order chi connectivity index (χ1) is 16.1. The lowest BCUT2D eigenvalue weighted by Gasteiger charge is -2.32. The van der Waals surface area contributed by atoms with Gasteiger partial charge in [0.05, 0.1) is 5.92 Å². The zero-order chi connectivity index (χ0) is 22.8. The van der Waals surface area contributed by atoms with Crippen LogP contribution in [0.2, 0.25) is 0 Å². The van der Waals surface area contributed by atoms with Crippen LogP contribution >= 0.6 is 11.3 Å². The van der Waals surface area contributed by atoms with Gasteiger partial charge in [-0.2, -0.15) is 0 Å². The molecule has 0 radical (unpaired) electrons. The van der Waals surface area contributed by atoms with Crippen LogP contribution in [0.25, 0.3) is 0 Å². The van der Waals surface area contributed by atoms with Gasteiger partial charge in [0.15, 0.2) is 11.5 Å². The Morgan fingerprint density at radius 2 is 1.79 bits per heavy atom. The number of hydrogen-bond donors (Lipinski definition) is 2. The van der Waals surface area contributed by atoms with E-state index in [4.69, 9.17) is 9.47 Å². The first kappa shape index (κ1) is 21.6. The summed E-state index contributed by atoms with van der Waals surface area (Å²) in [5.41, 5.74) is 0.527. The number of nitrogens with zero attached hydrogens (tertiary/aromatic N) is 3. The number of anilines is 1. The number of amides is 3. The lowest BCUT2D eigenvalue weighted by molar-refractivity contribution is -0.127. The Balaban J connectivity index is 1.19. The Bertz CT molecular complexity index is 1070. The van der Waals surface area contributed by atoms with Gasteiger partial charge in [-0.25, -0.2) is 0 Å². The fourth-order valence-electron chi connectivity index (χ4n) is 4.46. The Morgan fingerprint density at radius 1 is 1.00 bits per heavy atom. The topological polar surface area (TPSA) is 123 Å². The molecule has 1 aromatic heterocycles. The van der Waals surface area contributed by atoms with E-state index < -0.39 is 5.91 Å². The average molecular weight is 472 g/mol. The van der Waals surface area contributed by atoms with Crippen LogP contribution < -0.4 is 20.1 Å². The summed E-state index contributed by atoms with van der Waals surface area (Å²) in [6.45, 7) is 1.06. The molecule has 1 atom stereocenters. The number of benzene rings is 1. The third-order valence-electron chi connectivity index (χ3n) is 6.21. The standard InChI is InChI=1S/C22H25N5O5S/c28-18(23-14-5-1-2-6-14)13-4-3-9-27(11-13)22(30)21-26-25-20(33-21)19(29)24-15-7-8-16-17(10-15)32-12-31-16/h7-8,10,13-14H,1-6,9,11-12H2,(H,23,28)(H,24,29)/t13-/m0/s1. The van der Waals surface area contributed by atoms with E-state index in [1.165, 1.54) is 0 Å². The summed E-state index contributed by atoms with van der Waals surface area (Å²) < 4.78 is 10.6. The second kappa shape index (κ2) is 9.34. The molecule has 0 bridgehead atoms. The van der Waals surface area contributed by atoms with E-state index in [0.717, 1.165) is 49.9 Å². The quantitative estimate of drug-likeness (QED) is 0.687. The van der Waals surface area contributed by atoms with Crippen LogP contribution in [-0.4, -0.2) is 58.7 Å². The summed E-state index contributed by atoms with van der Waals surface area (Å²) in [4.78, 5) is 39.8. The van der Waals surface area contributed by atoms with Gasteiger partial charge in [-0.3, -0.25) is 14.4 Å². The van der Waals surface area contributed by atoms with Crippen molar-refractivity contribution in [2.75, 3.05) is 25.2 Å². The van der Waals surface area contributed by atoms with Gasteiger partial charge in [0.1, 0.15) is 0 Å². The summed E-state index contributed by atoms with van der Waals surface area (Å²) in [6.07, 6.45) is 5.89. The van der Waals surface area contributed by atoms with E-state index in [2.05, 4.69) is 20.8 Å². The molecule has 33 heavy (non-hydrogen) atoms. The predicted octanol–water partition coefficient (Wildman–Crippen LogP) is 2.43. The number of likely N-dealkylation sites (tertiary alicyclic amines) is 1. The van der Waals surface area contributed by atoms with Gasteiger partial charge in [-0.1, -0.05) is 24.2 Å². The SMILES string of the molecule is O=C(Nc1ccc2c(c1)OCO2)c1nnc(C(=O)N2CCC[C@H](C(=O)NC3CCCC3)C2)s1. The van der Waals surface area contributed by atoms with E-state index in [1.54, 1.807) is 23.1 Å². The first-order valence-electron chi connectivity index (χ1n) is 11.2. The molecule has 3 heterocycles. The van der Waals surface area contributed by atoms with Gasteiger partial charge in [-0.15, -0.1) is 10.2 Å². The minimum Gasteiger partial charge on any atom is -0.454 e. The van der Waals surface area contributed by atoms with Crippen molar-refractivity contribution < 1.29 is 23.9 Å². The highest BCUT2D eigenvalue weighted by Gasteiger charge is 2.32. The van der Waals surface area contributed by atoms with Crippen LogP contribution in [0.3, 0.4) is 0 Å². The van der Waals surface area contributed by atoms with Crippen LogP contribution in [0.5, 0.6) is 11.5 Å². The zero-order valence-electron chi connectivity index (χ0n) is 18.0. The molecule has 2 fully saturated rings. The fourth-order valence-corrected chi connectivity index (χ4v) is 5.17. The van der Waals surface area contributed by atoms with Crippen molar-refractivity contribution in [1.82, 2.24) is 20.4 Å². The summed E-state index contributed by atoms with van der Waals surface area (Å²) in [6, 6.07) is 5.33. The second-order valence-corrected chi connectivity index (χ2v) is 9.49. The minimum atomic E-state index is -0.460. The molecule has 11 heteroatoms. The van der Waals surface area contributed by atoms with Crippen molar-refractivity contribution in [3.63, 3.8) is 0 Å². The number of nitrogens with one attached hydrogen (secondary N) is 2. The third kappa shape index (κ3) is 4.77. The van der Waals surface area contributed by atoms with Gasteiger partial charge in [0, 0.05) is 30.9 Å². The molecule has 1 aliphatic carbocycles. The number of fused-ring (bicyclic) bond motifs is 1. The van der Waals surface area contributed by atoms with Crippen molar-refractivity contribution in [2.24, 2.45) is 5.92 Å². The maximum atomic E-state index is 13.0. The summed E-state index contributed by atoms with van der Waals surface area (Å²) in [5, 5.41) is 13.9. The van der Waals surface area contributed by atoms with Crippen LogP contribution in [0.4, 0.5) is 5.69 Å². The smallest absolute Gasteiger partial charge is 0.286 e. The maximum Gasteiger partial charge on any atom is 0.286 e. The van der Waals surface area contributed by atoms with Crippen molar-refractivity contribution in [2.45, 2.75) is 44.6 Å². The maximum absolute atomic E-state index is 13.0. The van der Waals surface area contributed by atoms with Gasteiger partial charge in [0.25, 0.3) is 11.8 Å². The van der Waals surface area contributed by atoms with Crippen LogP contribution in [0.15, 0.2) is 18.2 Å². The van der Waals surface area contributed by atoms with Gasteiger partial charge in [-0.05, 0) is 37.8 Å². The average Bonchev–Trinajstić information content (AvgIpc) is 3.60. The second-order valence-electron chi connectivity index (χ2n) is 8.51. The van der Waals surface area contributed by atoms with Crippen LogP contribution in [0.1, 0.15) is 58.1 Å². The Labute approximate surface area is 194 Å². The molecule has 3 aliphatic rings. The third-order valence-corrected chi connectivity index (χ3v) is 7.12. The number of carbonyl (C=O) groups is 3. The van der Waals surface area contributed by atoms with Gasteiger partial charge < -0.3 is 25.0 Å². The number of piperidine rings is 1. The molecule has 2 aliphatic heterocycles. The molecule has 10 nitrogen and oxygen atoms in total. The van der Waals surface area contributed by atoms with Crippen molar-refractivity contribution >= 4 is 34.7 Å². The summed E-state index contributed by atoms with van der Waals surface area (Å²) >= 11 is 0.941. The molecule has 0 spiro atoms. The Morgan fingerprint density at radius 3 is 2.64 bits per heavy atom. The Hall–Kier alpha value is -3.21. The fraction of sp³-hybridized carbons (Fsp3) is 0.500.